The van der Waals surface area contributed by atoms with Crippen molar-refractivity contribution in [2.45, 2.75) is 5.54 Å². The second kappa shape index (κ2) is 4.37. The fourth-order valence-corrected chi connectivity index (χ4v) is 1.79. The smallest absolute Gasteiger partial charge is 0.356 e. The van der Waals surface area contributed by atoms with Crippen molar-refractivity contribution in [3.8, 4) is 0 Å². The van der Waals surface area contributed by atoms with Crippen LogP contribution in [0.15, 0.2) is 54.3 Å². The molecule has 1 aliphatic carbocycles. The van der Waals surface area contributed by atoms with Crippen molar-refractivity contribution in [3.05, 3.63) is 65.4 Å². The zero-order valence-corrected chi connectivity index (χ0v) is 9.50. The maximum atomic E-state index is 8.81. The van der Waals surface area contributed by atoms with Crippen LogP contribution in [0.1, 0.15) is 5.56 Å². The maximum Gasteiger partial charge on any atom is 0.356 e. The van der Waals surface area contributed by atoms with E-state index < -0.39 is 5.54 Å². The molecule has 2 rings (SSSR count). The summed E-state index contributed by atoms with van der Waals surface area (Å²) in [6.07, 6.45) is 5.16. The van der Waals surface area contributed by atoms with Gasteiger partial charge in [-0.3, -0.25) is 0 Å². The molecule has 0 radical (unpaired) electrons. The summed E-state index contributed by atoms with van der Waals surface area (Å²) in [4.78, 5) is 3.14. The number of ether oxygens (including phenoxy) is 1. The number of benzene rings is 1. The highest BCUT2D eigenvalue weighted by molar-refractivity contribution is 6.04. The van der Waals surface area contributed by atoms with Gasteiger partial charge in [-0.15, -0.1) is 0 Å². The second-order valence-corrected chi connectivity index (χ2v) is 3.83. The minimum atomic E-state index is -0.735. The zero-order chi connectivity index (χ0) is 12.3. The van der Waals surface area contributed by atoms with Crippen molar-refractivity contribution in [2.24, 2.45) is 5.73 Å². The number of nitrogens with zero attached hydrogens (tertiary/aromatic N) is 2. The van der Waals surface area contributed by atoms with Gasteiger partial charge in [0.2, 0.25) is 5.76 Å². The van der Waals surface area contributed by atoms with Gasteiger partial charge in [0, 0.05) is 6.08 Å². The Morgan fingerprint density at radius 2 is 2.00 bits per heavy atom. The number of allylic oxidation sites excluding steroid dienone is 1. The van der Waals surface area contributed by atoms with Crippen LogP contribution in [0.25, 0.3) is 5.53 Å². The normalized spacial score (nSPS) is 22.9. The van der Waals surface area contributed by atoms with Crippen LogP contribution in [-0.2, 0) is 10.3 Å². The van der Waals surface area contributed by atoms with E-state index >= 15 is 0 Å². The van der Waals surface area contributed by atoms with Gasteiger partial charge in [-0.25, -0.2) is 0 Å². The van der Waals surface area contributed by atoms with E-state index in [1.54, 1.807) is 18.2 Å². The zero-order valence-electron chi connectivity index (χ0n) is 9.50. The van der Waals surface area contributed by atoms with Crippen molar-refractivity contribution in [2.75, 3.05) is 7.11 Å². The Hall–Kier alpha value is -2.16. The molecule has 0 fully saturated rings. The lowest BCUT2D eigenvalue weighted by molar-refractivity contribution is -0.00705. The molecule has 0 saturated carbocycles. The van der Waals surface area contributed by atoms with Gasteiger partial charge < -0.3 is 16.0 Å². The third-order valence-electron chi connectivity index (χ3n) is 2.74. The average Bonchev–Trinajstić information content (AvgIpc) is 2.39. The number of rotatable bonds is 2. The van der Waals surface area contributed by atoms with Crippen molar-refractivity contribution in [1.82, 2.24) is 0 Å². The van der Waals surface area contributed by atoms with E-state index in [9.17, 15) is 0 Å². The first-order valence-electron chi connectivity index (χ1n) is 5.22. The summed E-state index contributed by atoms with van der Waals surface area (Å²) >= 11 is 0. The Bertz CT molecular complexity index is 527. The summed E-state index contributed by atoms with van der Waals surface area (Å²) in [6.45, 7) is 0. The van der Waals surface area contributed by atoms with Crippen LogP contribution in [-0.4, -0.2) is 17.6 Å². The van der Waals surface area contributed by atoms with Crippen LogP contribution < -0.4 is 5.73 Å². The van der Waals surface area contributed by atoms with E-state index in [1.165, 1.54) is 7.11 Å². The number of hydrogen-bond donors (Lipinski definition) is 1. The van der Waals surface area contributed by atoms with Crippen molar-refractivity contribution in [1.29, 1.82) is 0 Å². The van der Waals surface area contributed by atoms with Crippen LogP contribution in [0.4, 0.5) is 0 Å². The highest BCUT2D eigenvalue weighted by Gasteiger charge is 2.30. The number of hydrogen-bond acceptors (Lipinski definition) is 2. The predicted octanol–water partition coefficient (Wildman–Crippen LogP) is 1.61. The molecule has 86 valence electrons. The van der Waals surface area contributed by atoms with E-state index in [2.05, 4.69) is 4.79 Å². The van der Waals surface area contributed by atoms with Crippen molar-refractivity contribution >= 4 is 5.71 Å². The molecule has 4 heteroatoms. The first-order valence-corrected chi connectivity index (χ1v) is 5.22. The lowest BCUT2D eigenvalue weighted by Gasteiger charge is -2.25. The van der Waals surface area contributed by atoms with Gasteiger partial charge in [0.25, 0.3) is 0 Å². The molecular weight excluding hydrogens is 214 g/mol. The molecule has 1 aromatic carbocycles. The first-order chi connectivity index (χ1) is 8.19. The molecule has 0 aromatic heterocycles. The lowest BCUT2D eigenvalue weighted by atomic mass is 9.86. The molecule has 0 spiro atoms. The summed E-state index contributed by atoms with van der Waals surface area (Å²) in [5.74, 6) is 0.460. The third kappa shape index (κ3) is 2.04. The topological polar surface area (TPSA) is 71.7 Å². The number of methoxy groups -OCH3 is 1. The van der Waals surface area contributed by atoms with Crippen LogP contribution >= 0.6 is 0 Å². The molecule has 1 aromatic rings. The largest absolute Gasteiger partial charge is 0.490 e. The minimum absolute atomic E-state index is 0.365. The maximum absolute atomic E-state index is 8.81. The van der Waals surface area contributed by atoms with Gasteiger partial charge in [0.1, 0.15) is 0 Å². The average molecular weight is 227 g/mol. The van der Waals surface area contributed by atoms with Gasteiger partial charge in [-0.1, -0.05) is 30.3 Å². The van der Waals surface area contributed by atoms with Crippen molar-refractivity contribution < 1.29 is 9.53 Å². The molecule has 4 nitrogen and oxygen atoms in total. The highest BCUT2D eigenvalue weighted by Crippen LogP contribution is 2.26. The van der Waals surface area contributed by atoms with E-state index in [-0.39, 0.29) is 0 Å². The predicted molar refractivity (Wildman–Crippen MR) is 65.2 cm³/mol. The Kier molecular flexibility index (Phi) is 2.91. The van der Waals surface area contributed by atoms with Crippen molar-refractivity contribution in [3.63, 3.8) is 0 Å². The van der Waals surface area contributed by atoms with Gasteiger partial charge in [0.05, 0.1) is 12.6 Å². The Labute approximate surface area is 99.6 Å². The molecule has 17 heavy (non-hydrogen) atoms. The van der Waals surface area contributed by atoms with Gasteiger partial charge >= 0.3 is 5.71 Å². The first kappa shape index (κ1) is 11.3. The highest BCUT2D eigenvalue weighted by atomic mass is 16.5. The monoisotopic (exact) mass is 227 g/mol. The quantitative estimate of drug-likeness (QED) is 0.615. The molecule has 1 atom stereocenters. The molecule has 0 bridgehead atoms. The molecule has 0 saturated heterocycles. The molecule has 1 unspecified atom stereocenters. The van der Waals surface area contributed by atoms with Gasteiger partial charge in [-0.05, 0) is 17.7 Å². The number of nitrogens with two attached hydrogens (primary N) is 1. The van der Waals surface area contributed by atoms with Gasteiger partial charge in [-0.2, -0.15) is 4.79 Å². The molecule has 0 amide bonds. The van der Waals surface area contributed by atoms with E-state index in [1.807, 2.05) is 30.3 Å². The van der Waals surface area contributed by atoms with E-state index in [0.29, 0.717) is 11.5 Å². The van der Waals surface area contributed by atoms with Crippen LogP contribution in [0.2, 0.25) is 0 Å². The summed E-state index contributed by atoms with van der Waals surface area (Å²) in [5.41, 5.74) is 15.7. The molecule has 0 aliphatic heterocycles. The van der Waals surface area contributed by atoms with Crippen LogP contribution in [0, 0.1) is 0 Å². The summed E-state index contributed by atoms with van der Waals surface area (Å²) in [6, 6.07) is 9.66. The SMILES string of the molecule is COC1=CC(N)(c2ccccc2)C=CC1=[N+]=[N-]. The summed E-state index contributed by atoms with van der Waals surface area (Å²) in [7, 11) is 1.52. The van der Waals surface area contributed by atoms with E-state index in [4.69, 9.17) is 16.0 Å². The Balaban J connectivity index is 2.48. The van der Waals surface area contributed by atoms with E-state index in [0.717, 1.165) is 5.56 Å². The fraction of sp³-hybridized carbons (Fsp3) is 0.154. The molecule has 1 aliphatic rings. The second-order valence-electron chi connectivity index (χ2n) is 3.83. The minimum Gasteiger partial charge on any atom is -0.490 e. The Morgan fingerprint density at radius 1 is 1.29 bits per heavy atom. The van der Waals surface area contributed by atoms with Gasteiger partial charge in [0.15, 0.2) is 0 Å². The summed E-state index contributed by atoms with van der Waals surface area (Å²) < 4.78 is 5.15. The Morgan fingerprint density at radius 3 is 2.59 bits per heavy atom. The molecule has 2 N–H and O–H groups in total. The third-order valence-corrected chi connectivity index (χ3v) is 2.74. The van der Waals surface area contributed by atoms with Crippen LogP contribution in [0.5, 0.6) is 0 Å². The fourth-order valence-electron chi connectivity index (χ4n) is 1.79. The summed E-state index contributed by atoms with van der Waals surface area (Å²) in [5, 5.41) is 0. The van der Waals surface area contributed by atoms with Crippen LogP contribution in [0.3, 0.4) is 0 Å². The lowest BCUT2D eigenvalue weighted by Crippen LogP contribution is -2.35. The molecular formula is C13H13N3O. The molecule has 0 heterocycles. The standard InChI is InChI=1S/C13H13N3O/c1-17-12-9-13(14,8-7-11(12)16-15)10-5-3-2-4-6-10/h2-9H,14H2,1H3.